The number of carbonyl (C=O) groups excluding carboxylic acids is 1. The van der Waals surface area contributed by atoms with Gasteiger partial charge in [-0.15, -0.1) is 12.4 Å². The maximum atomic E-state index is 12.6. The Morgan fingerprint density at radius 3 is 2.57 bits per heavy atom. The number of amides is 1. The van der Waals surface area contributed by atoms with Gasteiger partial charge in [-0.2, -0.15) is 0 Å². The molecule has 2 rings (SSSR count). The molecule has 0 bridgehead atoms. The van der Waals surface area contributed by atoms with Crippen molar-refractivity contribution < 1.29 is 14.3 Å². The van der Waals surface area contributed by atoms with Gasteiger partial charge in [0.15, 0.2) is 0 Å². The van der Waals surface area contributed by atoms with Crippen LogP contribution >= 0.6 is 12.4 Å². The van der Waals surface area contributed by atoms with E-state index in [1.54, 1.807) is 0 Å². The first-order chi connectivity index (χ1) is 10.7. The van der Waals surface area contributed by atoms with E-state index in [1.807, 2.05) is 31.2 Å². The van der Waals surface area contributed by atoms with Crippen LogP contribution in [0.5, 0.6) is 0 Å². The molecule has 0 unspecified atom stereocenters. The van der Waals surface area contributed by atoms with Crippen molar-refractivity contribution >= 4 is 18.3 Å². The van der Waals surface area contributed by atoms with Gasteiger partial charge >= 0.3 is 0 Å². The van der Waals surface area contributed by atoms with Gasteiger partial charge < -0.3 is 20.5 Å². The highest BCUT2D eigenvalue weighted by atomic mass is 35.5. The normalized spacial score (nSPS) is 16.4. The van der Waals surface area contributed by atoms with Crippen LogP contribution in [0.25, 0.3) is 0 Å². The lowest BCUT2D eigenvalue weighted by Gasteiger charge is -2.34. The van der Waals surface area contributed by atoms with E-state index in [2.05, 4.69) is 5.32 Å². The monoisotopic (exact) mass is 342 g/mol. The Kier molecular flexibility index (Phi) is 8.55. The summed E-state index contributed by atoms with van der Waals surface area (Å²) in [5, 5.41) is 3.05. The molecule has 1 saturated heterocycles. The number of ether oxygens (including phenoxy) is 2. The highest BCUT2D eigenvalue weighted by molar-refractivity contribution is 5.85. The van der Waals surface area contributed by atoms with E-state index >= 15 is 0 Å². The standard InChI is InChI=1S/C17H26N2O3.ClH/c1-2-21-12-15-6-4-3-5-14(15)11-19-16(20)17(13-18)7-9-22-10-8-17;/h3-6H,2,7-13,18H2,1H3,(H,19,20);1H. The molecule has 6 heteroatoms. The number of nitrogens with two attached hydrogens (primary N) is 1. The van der Waals surface area contributed by atoms with E-state index in [0.717, 1.165) is 11.1 Å². The summed E-state index contributed by atoms with van der Waals surface area (Å²) < 4.78 is 10.8. The maximum Gasteiger partial charge on any atom is 0.227 e. The van der Waals surface area contributed by atoms with E-state index in [-0.39, 0.29) is 18.3 Å². The van der Waals surface area contributed by atoms with Crippen molar-refractivity contribution in [3.8, 4) is 0 Å². The SMILES string of the molecule is CCOCc1ccccc1CNC(=O)C1(CN)CCOCC1.Cl. The number of rotatable bonds is 7. The molecule has 0 aromatic heterocycles. The molecule has 1 aromatic rings. The molecule has 23 heavy (non-hydrogen) atoms. The maximum absolute atomic E-state index is 12.6. The van der Waals surface area contributed by atoms with Gasteiger partial charge in [0, 0.05) is 32.9 Å². The van der Waals surface area contributed by atoms with Crippen LogP contribution in [-0.4, -0.2) is 32.3 Å². The molecule has 130 valence electrons. The fourth-order valence-corrected chi connectivity index (χ4v) is 2.73. The first-order valence-electron chi connectivity index (χ1n) is 7.92. The van der Waals surface area contributed by atoms with Gasteiger partial charge in [0.2, 0.25) is 5.91 Å². The van der Waals surface area contributed by atoms with Crippen molar-refractivity contribution in [3.05, 3.63) is 35.4 Å². The summed E-state index contributed by atoms with van der Waals surface area (Å²) in [7, 11) is 0. The number of hydrogen-bond acceptors (Lipinski definition) is 4. The lowest BCUT2D eigenvalue weighted by Crippen LogP contribution is -2.49. The number of benzene rings is 1. The van der Waals surface area contributed by atoms with Crippen molar-refractivity contribution in [2.24, 2.45) is 11.1 Å². The summed E-state index contributed by atoms with van der Waals surface area (Å²) in [5.41, 5.74) is 7.58. The molecule has 0 radical (unpaired) electrons. The minimum atomic E-state index is -0.479. The summed E-state index contributed by atoms with van der Waals surface area (Å²) >= 11 is 0. The molecule has 1 fully saturated rings. The first-order valence-corrected chi connectivity index (χ1v) is 7.92. The topological polar surface area (TPSA) is 73.6 Å². The molecular weight excluding hydrogens is 316 g/mol. The average Bonchev–Trinajstić information content (AvgIpc) is 2.59. The molecule has 0 atom stereocenters. The van der Waals surface area contributed by atoms with Crippen LogP contribution in [0, 0.1) is 5.41 Å². The third kappa shape index (κ3) is 5.18. The molecule has 1 aromatic carbocycles. The predicted molar refractivity (Wildman–Crippen MR) is 92.4 cm³/mol. The van der Waals surface area contributed by atoms with E-state index in [4.69, 9.17) is 15.2 Å². The second-order valence-electron chi connectivity index (χ2n) is 5.69. The third-order valence-electron chi connectivity index (χ3n) is 4.34. The first kappa shape index (κ1) is 19.9. The average molecular weight is 343 g/mol. The second-order valence-corrected chi connectivity index (χ2v) is 5.69. The molecule has 0 aliphatic carbocycles. The Labute approximate surface area is 144 Å². The number of hydrogen-bond donors (Lipinski definition) is 2. The molecule has 5 nitrogen and oxygen atoms in total. The Balaban J connectivity index is 0.00000264. The van der Waals surface area contributed by atoms with Crippen LogP contribution in [0.2, 0.25) is 0 Å². The van der Waals surface area contributed by atoms with Crippen molar-refractivity contribution in [2.45, 2.75) is 32.9 Å². The van der Waals surface area contributed by atoms with Crippen LogP contribution in [0.4, 0.5) is 0 Å². The van der Waals surface area contributed by atoms with Gasteiger partial charge in [-0.05, 0) is 30.9 Å². The van der Waals surface area contributed by atoms with E-state index < -0.39 is 5.41 Å². The van der Waals surface area contributed by atoms with Gasteiger partial charge in [-0.3, -0.25) is 4.79 Å². The molecule has 0 spiro atoms. The van der Waals surface area contributed by atoms with Crippen molar-refractivity contribution in [3.63, 3.8) is 0 Å². The minimum Gasteiger partial charge on any atom is -0.381 e. The second kappa shape index (κ2) is 9.88. The Bertz CT molecular complexity index is 490. The van der Waals surface area contributed by atoms with Crippen LogP contribution in [0.15, 0.2) is 24.3 Å². The van der Waals surface area contributed by atoms with E-state index in [0.29, 0.717) is 52.4 Å². The zero-order valence-corrected chi connectivity index (χ0v) is 14.5. The smallest absolute Gasteiger partial charge is 0.227 e. The van der Waals surface area contributed by atoms with Crippen LogP contribution in [0.1, 0.15) is 30.9 Å². The Morgan fingerprint density at radius 2 is 1.96 bits per heavy atom. The van der Waals surface area contributed by atoms with Gasteiger partial charge in [0.05, 0.1) is 12.0 Å². The highest BCUT2D eigenvalue weighted by Gasteiger charge is 2.38. The molecule has 1 heterocycles. The van der Waals surface area contributed by atoms with Crippen molar-refractivity contribution in [1.82, 2.24) is 5.32 Å². The van der Waals surface area contributed by atoms with Crippen molar-refractivity contribution in [2.75, 3.05) is 26.4 Å². The number of carbonyl (C=O) groups is 1. The van der Waals surface area contributed by atoms with Gasteiger partial charge in [-0.25, -0.2) is 0 Å². The molecule has 1 aliphatic heterocycles. The molecule has 3 N–H and O–H groups in total. The van der Waals surface area contributed by atoms with E-state index in [1.165, 1.54) is 0 Å². The van der Waals surface area contributed by atoms with Gasteiger partial charge in [0.1, 0.15) is 0 Å². The third-order valence-corrected chi connectivity index (χ3v) is 4.34. The van der Waals surface area contributed by atoms with Gasteiger partial charge in [-0.1, -0.05) is 24.3 Å². The lowest BCUT2D eigenvalue weighted by molar-refractivity contribution is -0.136. The zero-order valence-electron chi connectivity index (χ0n) is 13.7. The molecule has 1 aliphatic rings. The quantitative estimate of drug-likeness (QED) is 0.795. The highest BCUT2D eigenvalue weighted by Crippen LogP contribution is 2.29. The summed E-state index contributed by atoms with van der Waals surface area (Å²) in [6, 6.07) is 8.02. The molecule has 1 amide bonds. The van der Waals surface area contributed by atoms with Crippen LogP contribution in [0.3, 0.4) is 0 Å². The van der Waals surface area contributed by atoms with Crippen LogP contribution < -0.4 is 11.1 Å². The number of nitrogens with one attached hydrogen (secondary N) is 1. The minimum absolute atomic E-state index is 0. The fraction of sp³-hybridized carbons (Fsp3) is 0.588. The molecular formula is C17H27ClN2O3. The Morgan fingerprint density at radius 1 is 1.30 bits per heavy atom. The largest absolute Gasteiger partial charge is 0.381 e. The summed E-state index contributed by atoms with van der Waals surface area (Å²) in [6.07, 6.45) is 1.38. The van der Waals surface area contributed by atoms with Crippen molar-refractivity contribution in [1.29, 1.82) is 0 Å². The summed E-state index contributed by atoms with van der Waals surface area (Å²) in [4.78, 5) is 12.6. The zero-order chi connectivity index (χ0) is 15.8. The lowest BCUT2D eigenvalue weighted by atomic mass is 9.79. The summed E-state index contributed by atoms with van der Waals surface area (Å²) in [6.45, 7) is 5.29. The Hall–Kier alpha value is -1.14. The number of halogens is 1. The van der Waals surface area contributed by atoms with Crippen LogP contribution in [-0.2, 0) is 27.4 Å². The van der Waals surface area contributed by atoms with Gasteiger partial charge in [0.25, 0.3) is 0 Å². The fourth-order valence-electron chi connectivity index (χ4n) is 2.73. The molecule has 0 saturated carbocycles. The summed E-state index contributed by atoms with van der Waals surface area (Å²) in [5.74, 6) is 0.0320. The predicted octanol–water partition coefficient (Wildman–Crippen LogP) is 2.02. The van der Waals surface area contributed by atoms with E-state index in [9.17, 15) is 4.79 Å².